The van der Waals surface area contributed by atoms with E-state index in [-0.39, 0.29) is 0 Å². The first-order chi connectivity index (χ1) is 9.51. The molecule has 0 amide bonds. The lowest BCUT2D eigenvalue weighted by Gasteiger charge is -2.09. The number of carboxylic acids is 1. The lowest BCUT2D eigenvalue weighted by molar-refractivity contribution is -0.136. The van der Waals surface area contributed by atoms with Gasteiger partial charge in [-0.25, -0.2) is 4.98 Å². The monoisotopic (exact) mass is 327 g/mol. The third-order valence-corrected chi connectivity index (χ3v) is 5.12. The van der Waals surface area contributed by atoms with Gasteiger partial charge in [0, 0.05) is 21.6 Å². The quantitative estimate of drug-likeness (QED) is 0.654. The fourth-order valence-corrected chi connectivity index (χ4v) is 3.20. The van der Waals surface area contributed by atoms with Crippen LogP contribution in [0.25, 0.3) is 10.9 Å². The van der Waals surface area contributed by atoms with Crippen LogP contribution in [0, 0.1) is 0 Å². The van der Waals surface area contributed by atoms with Gasteiger partial charge < -0.3 is 5.11 Å². The van der Waals surface area contributed by atoms with Crippen LogP contribution in [0.2, 0.25) is 5.15 Å². The van der Waals surface area contributed by atoms with Gasteiger partial charge in [-0.05, 0) is 31.4 Å². The Labute approximate surface area is 131 Å². The SMILES string of the molecule is CSc1ccc2cc(CSC(C)C(=O)O)c(Cl)nc2c1. The van der Waals surface area contributed by atoms with E-state index in [0.29, 0.717) is 10.9 Å². The molecule has 0 saturated heterocycles. The van der Waals surface area contributed by atoms with E-state index in [9.17, 15) is 4.79 Å². The first-order valence-corrected chi connectivity index (χ1v) is 8.64. The van der Waals surface area contributed by atoms with Gasteiger partial charge in [0.2, 0.25) is 0 Å². The molecule has 3 nitrogen and oxygen atoms in total. The highest BCUT2D eigenvalue weighted by atomic mass is 35.5. The molecule has 1 N–H and O–H groups in total. The summed E-state index contributed by atoms with van der Waals surface area (Å²) in [4.78, 5) is 16.4. The number of rotatable bonds is 5. The molecule has 0 saturated carbocycles. The average Bonchev–Trinajstić information content (AvgIpc) is 2.43. The minimum absolute atomic E-state index is 0.445. The number of carbonyl (C=O) groups is 1. The maximum Gasteiger partial charge on any atom is 0.316 e. The number of aliphatic carboxylic acids is 1. The summed E-state index contributed by atoms with van der Waals surface area (Å²) in [7, 11) is 0. The Kier molecular flexibility index (Phi) is 5.18. The first kappa shape index (κ1) is 15.5. The van der Waals surface area contributed by atoms with E-state index in [4.69, 9.17) is 16.7 Å². The van der Waals surface area contributed by atoms with Crippen molar-refractivity contribution < 1.29 is 9.90 Å². The van der Waals surface area contributed by atoms with E-state index in [1.165, 1.54) is 11.8 Å². The molecule has 0 aliphatic rings. The lowest BCUT2D eigenvalue weighted by Crippen LogP contribution is -2.11. The predicted octanol–water partition coefficient (Wildman–Crippen LogP) is 4.32. The zero-order valence-corrected chi connectivity index (χ0v) is 13.5. The number of halogens is 1. The molecular formula is C14H14ClNO2S2. The molecule has 1 unspecified atom stereocenters. The molecule has 0 aliphatic heterocycles. The third kappa shape index (κ3) is 3.59. The van der Waals surface area contributed by atoms with E-state index in [2.05, 4.69) is 4.98 Å². The van der Waals surface area contributed by atoms with Gasteiger partial charge >= 0.3 is 5.97 Å². The van der Waals surface area contributed by atoms with Gasteiger partial charge in [0.15, 0.2) is 0 Å². The van der Waals surface area contributed by atoms with Gasteiger partial charge in [0.1, 0.15) is 5.15 Å². The zero-order chi connectivity index (χ0) is 14.7. The van der Waals surface area contributed by atoms with E-state index >= 15 is 0 Å². The molecule has 0 bridgehead atoms. The van der Waals surface area contributed by atoms with Gasteiger partial charge in [-0.15, -0.1) is 23.5 Å². The lowest BCUT2D eigenvalue weighted by atomic mass is 10.2. The Bertz CT molecular complexity index is 648. The number of nitrogens with zero attached hydrogens (tertiary/aromatic N) is 1. The molecule has 0 aliphatic carbocycles. The third-order valence-electron chi connectivity index (χ3n) is 2.89. The molecule has 2 aromatic rings. The largest absolute Gasteiger partial charge is 0.480 e. The second-order valence-corrected chi connectivity index (χ2v) is 6.86. The highest BCUT2D eigenvalue weighted by molar-refractivity contribution is 7.99. The van der Waals surface area contributed by atoms with Crippen LogP contribution in [0.1, 0.15) is 12.5 Å². The highest BCUT2D eigenvalue weighted by Gasteiger charge is 2.13. The fourth-order valence-electron chi connectivity index (χ4n) is 1.68. The second-order valence-electron chi connectivity index (χ2n) is 4.29. The number of carboxylic acid groups (broad SMARTS) is 1. The normalized spacial score (nSPS) is 12.6. The molecule has 2 rings (SSSR count). The molecule has 1 aromatic carbocycles. The van der Waals surface area contributed by atoms with Crippen molar-refractivity contribution in [3.05, 3.63) is 35.0 Å². The summed E-state index contributed by atoms with van der Waals surface area (Å²) in [5, 5.41) is 9.89. The fraction of sp³-hybridized carbons (Fsp3) is 0.286. The van der Waals surface area contributed by atoms with Crippen LogP contribution < -0.4 is 0 Å². The standard InChI is InChI=1S/C14H14ClNO2S2/c1-8(14(17)18)20-7-10-5-9-3-4-11(19-2)6-12(9)16-13(10)15/h3-6,8H,7H2,1-2H3,(H,17,18). The van der Waals surface area contributed by atoms with Crippen molar-refractivity contribution in [3.8, 4) is 0 Å². The van der Waals surface area contributed by atoms with Crippen molar-refractivity contribution >= 4 is 52.0 Å². The Balaban J connectivity index is 2.26. The van der Waals surface area contributed by atoms with Crippen molar-refractivity contribution in [1.82, 2.24) is 4.98 Å². The number of pyridine rings is 1. The van der Waals surface area contributed by atoms with E-state index in [1.54, 1.807) is 18.7 Å². The van der Waals surface area contributed by atoms with Crippen LogP contribution >= 0.6 is 35.1 Å². The maximum absolute atomic E-state index is 10.8. The van der Waals surface area contributed by atoms with Crippen LogP contribution in [-0.4, -0.2) is 27.6 Å². The van der Waals surface area contributed by atoms with E-state index in [0.717, 1.165) is 21.4 Å². The minimum Gasteiger partial charge on any atom is -0.480 e. The van der Waals surface area contributed by atoms with Gasteiger partial charge in [-0.3, -0.25) is 4.79 Å². The minimum atomic E-state index is -0.815. The molecule has 1 atom stereocenters. The summed E-state index contributed by atoms with van der Waals surface area (Å²) in [5.74, 6) is -0.274. The number of benzene rings is 1. The molecule has 106 valence electrons. The zero-order valence-electron chi connectivity index (χ0n) is 11.1. The molecule has 0 fully saturated rings. The average molecular weight is 328 g/mol. The van der Waals surface area contributed by atoms with Gasteiger partial charge in [-0.1, -0.05) is 17.7 Å². The Morgan fingerprint density at radius 1 is 1.45 bits per heavy atom. The van der Waals surface area contributed by atoms with Crippen LogP contribution in [0.3, 0.4) is 0 Å². The summed E-state index contributed by atoms with van der Waals surface area (Å²) >= 11 is 9.18. The Morgan fingerprint density at radius 2 is 2.20 bits per heavy atom. The number of hydrogen-bond donors (Lipinski definition) is 1. The summed E-state index contributed by atoms with van der Waals surface area (Å²) in [6.07, 6.45) is 2.01. The summed E-state index contributed by atoms with van der Waals surface area (Å²) in [6, 6.07) is 8.04. The van der Waals surface area contributed by atoms with Crippen LogP contribution in [0.15, 0.2) is 29.2 Å². The second kappa shape index (κ2) is 6.70. The molecule has 20 heavy (non-hydrogen) atoms. The molecule has 0 spiro atoms. The topological polar surface area (TPSA) is 50.2 Å². The van der Waals surface area contributed by atoms with Gasteiger partial charge in [0.05, 0.1) is 10.8 Å². The maximum atomic E-state index is 10.8. The van der Waals surface area contributed by atoms with Crippen molar-refractivity contribution in [3.63, 3.8) is 0 Å². The smallest absolute Gasteiger partial charge is 0.316 e. The van der Waals surface area contributed by atoms with Crippen molar-refractivity contribution in [2.75, 3.05) is 6.26 Å². The number of fused-ring (bicyclic) bond motifs is 1. The molecule has 6 heteroatoms. The number of thioether (sulfide) groups is 2. The van der Waals surface area contributed by atoms with Crippen LogP contribution in [0.4, 0.5) is 0 Å². The Morgan fingerprint density at radius 3 is 2.85 bits per heavy atom. The number of hydrogen-bond acceptors (Lipinski definition) is 4. The van der Waals surface area contributed by atoms with Crippen LogP contribution in [-0.2, 0) is 10.5 Å². The first-order valence-electron chi connectivity index (χ1n) is 5.99. The van der Waals surface area contributed by atoms with Gasteiger partial charge in [-0.2, -0.15) is 0 Å². The van der Waals surface area contributed by atoms with E-state index < -0.39 is 11.2 Å². The predicted molar refractivity (Wildman–Crippen MR) is 86.9 cm³/mol. The summed E-state index contributed by atoms with van der Waals surface area (Å²) < 4.78 is 0. The Hall–Kier alpha value is -0.910. The van der Waals surface area contributed by atoms with Crippen molar-refractivity contribution in [1.29, 1.82) is 0 Å². The van der Waals surface area contributed by atoms with Crippen LogP contribution in [0.5, 0.6) is 0 Å². The molecule has 1 aromatic heterocycles. The molecule has 0 radical (unpaired) electrons. The summed E-state index contributed by atoms with van der Waals surface area (Å²) in [5.41, 5.74) is 1.73. The number of aromatic nitrogens is 1. The van der Waals surface area contributed by atoms with Crippen molar-refractivity contribution in [2.45, 2.75) is 22.8 Å². The van der Waals surface area contributed by atoms with Crippen molar-refractivity contribution in [2.24, 2.45) is 0 Å². The van der Waals surface area contributed by atoms with Gasteiger partial charge in [0.25, 0.3) is 0 Å². The summed E-state index contributed by atoms with van der Waals surface area (Å²) in [6.45, 7) is 1.67. The molecular weight excluding hydrogens is 314 g/mol. The highest BCUT2D eigenvalue weighted by Crippen LogP contribution is 2.28. The molecule has 1 heterocycles. The van der Waals surface area contributed by atoms with E-state index in [1.807, 2.05) is 30.5 Å².